The zero-order valence-corrected chi connectivity index (χ0v) is 29.1. The molecule has 2 aliphatic heterocycles. The molecule has 0 aromatic carbocycles. The molecule has 12 nitrogen and oxygen atoms in total. The number of rotatable bonds is 10. The summed E-state index contributed by atoms with van der Waals surface area (Å²) in [5.74, 6) is -6.85. The molecule has 4 N–H and O–H groups in total. The predicted molar refractivity (Wildman–Crippen MR) is 168 cm³/mol. The van der Waals surface area contributed by atoms with E-state index in [1.807, 2.05) is 13.8 Å². The van der Waals surface area contributed by atoms with E-state index in [0.29, 0.717) is 0 Å². The number of carbonyl (C=O) groups excluding carboxylic acids is 5. The first-order valence-corrected chi connectivity index (χ1v) is 18.2. The second-order valence-electron chi connectivity index (χ2n) is 16.7. The number of urea groups is 1. The molecule has 264 valence electrons. The summed E-state index contributed by atoms with van der Waals surface area (Å²) in [6.07, 6.45) is 0.256. The third kappa shape index (κ3) is 6.14. The molecule has 5 fully saturated rings. The van der Waals surface area contributed by atoms with Crippen molar-refractivity contribution in [3.8, 4) is 0 Å². The maximum Gasteiger partial charge on any atom is 0.319 e. The van der Waals surface area contributed by atoms with Gasteiger partial charge < -0.3 is 26.2 Å². The number of hydrogen-bond acceptors (Lipinski definition) is 7. The van der Waals surface area contributed by atoms with Gasteiger partial charge in [0.1, 0.15) is 12.1 Å². The molecule has 3 saturated carbocycles. The number of nitrogens with zero attached hydrogens (tertiary/aromatic N) is 2. The monoisotopic (exact) mass is 685 g/mol. The minimum atomic E-state index is -3.90. The molecule has 5 rings (SSSR count). The normalized spacial score (nSPS) is 31.0. The Morgan fingerprint density at radius 3 is 2.13 bits per heavy atom. The van der Waals surface area contributed by atoms with Gasteiger partial charge in [0.25, 0.3) is 5.91 Å². The SMILES string of the molecule is CC1(C)C2CN(C(=O)C3NC(=O)N(C4(CS(=O)(=O)C(C)(C)C)CCC(F)(F)CC4)C3(C)C)C(C(=O)NC(CC3CC3)C(=O)C(N)=O)C21. The maximum atomic E-state index is 14.5. The van der Waals surface area contributed by atoms with Crippen molar-refractivity contribution in [2.45, 2.75) is 133 Å². The average molecular weight is 686 g/mol. The average Bonchev–Trinajstić information content (AvgIpc) is 3.74. The van der Waals surface area contributed by atoms with Gasteiger partial charge in [-0.3, -0.25) is 19.2 Å². The number of primary amides is 1. The third-order valence-electron chi connectivity index (χ3n) is 11.7. The van der Waals surface area contributed by atoms with Crippen molar-refractivity contribution in [2.75, 3.05) is 12.3 Å². The van der Waals surface area contributed by atoms with Crippen molar-refractivity contribution < 1.29 is 41.2 Å². The fourth-order valence-corrected chi connectivity index (χ4v) is 9.91. The van der Waals surface area contributed by atoms with Gasteiger partial charge in [0, 0.05) is 19.4 Å². The van der Waals surface area contributed by atoms with E-state index >= 15 is 0 Å². The first-order valence-electron chi connectivity index (χ1n) is 16.5. The van der Waals surface area contributed by atoms with Crippen LogP contribution < -0.4 is 16.4 Å². The number of hydrogen-bond donors (Lipinski definition) is 3. The Hall–Kier alpha value is -2.84. The van der Waals surface area contributed by atoms with E-state index in [4.69, 9.17) is 5.73 Å². The first kappa shape index (κ1) is 35.5. The molecule has 5 amide bonds. The summed E-state index contributed by atoms with van der Waals surface area (Å²) in [5, 5.41) is 5.43. The Morgan fingerprint density at radius 2 is 1.62 bits per heavy atom. The molecule has 5 atom stereocenters. The number of likely N-dealkylation sites (tertiary alicyclic amines) is 1. The summed E-state index contributed by atoms with van der Waals surface area (Å²) in [5.41, 5.74) is 2.14. The summed E-state index contributed by atoms with van der Waals surface area (Å²) >= 11 is 0. The highest BCUT2D eigenvalue weighted by Crippen LogP contribution is 2.65. The fourth-order valence-electron chi connectivity index (χ4n) is 8.36. The van der Waals surface area contributed by atoms with Gasteiger partial charge in [-0.05, 0) is 77.0 Å². The smallest absolute Gasteiger partial charge is 0.319 e. The van der Waals surface area contributed by atoms with Crippen molar-refractivity contribution >= 4 is 39.4 Å². The lowest BCUT2D eigenvalue weighted by atomic mass is 9.77. The van der Waals surface area contributed by atoms with Crippen LogP contribution in [0.15, 0.2) is 0 Å². The topological polar surface area (TPSA) is 176 Å². The Labute approximate surface area is 275 Å². The van der Waals surface area contributed by atoms with Crippen molar-refractivity contribution in [1.29, 1.82) is 0 Å². The van der Waals surface area contributed by atoms with Gasteiger partial charge in [0.05, 0.1) is 27.6 Å². The Bertz CT molecular complexity index is 1480. The molecule has 0 radical (unpaired) electrons. The van der Waals surface area contributed by atoms with E-state index < -0.39 is 97.8 Å². The lowest BCUT2D eigenvalue weighted by Gasteiger charge is -2.51. The minimum Gasteiger partial charge on any atom is -0.363 e. The number of Topliss-reactive ketones (excluding diaryl/α,β-unsaturated/α-hetero) is 1. The van der Waals surface area contributed by atoms with E-state index in [-0.39, 0.29) is 49.0 Å². The number of sulfone groups is 1. The van der Waals surface area contributed by atoms with Crippen LogP contribution >= 0.6 is 0 Å². The van der Waals surface area contributed by atoms with Crippen molar-refractivity contribution in [2.24, 2.45) is 28.9 Å². The van der Waals surface area contributed by atoms with Crippen molar-refractivity contribution in [3.63, 3.8) is 0 Å². The molecular weight excluding hydrogens is 636 g/mol. The number of alkyl halides is 2. The highest BCUT2D eigenvalue weighted by atomic mass is 32.2. The molecule has 0 bridgehead atoms. The number of carbonyl (C=O) groups is 5. The van der Waals surface area contributed by atoms with Crippen LogP contribution in [0, 0.1) is 23.2 Å². The van der Waals surface area contributed by atoms with Gasteiger partial charge >= 0.3 is 6.03 Å². The molecule has 2 saturated heterocycles. The van der Waals surface area contributed by atoms with E-state index in [9.17, 15) is 41.2 Å². The van der Waals surface area contributed by atoms with Crippen LogP contribution in [0.3, 0.4) is 0 Å². The van der Waals surface area contributed by atoms with Gasteiger partial charge in [0.2, 0.25) is 23.5 Å². The van der Waals surface area contributed by atoms with Gasteiger partial charge in [-0.1, -0.05) is 26.7 Å². The predicted octanol–water partition coefficient (Wildman–Crippen LogP) is 2.14. The van der Waals surface area contributed by atoms with Gasteiger partial charge in [-0.25, -0.2) is 22.0 Å². The fraction of sp³-hybridized carbons (Fsp3) is 0.844. The quantitative estimate of drug-likeness (QED) is 0.295. The largest absolute Gasteiger partial charge is 0.363 e. The highest BCUT2D eigenvalue weighted by molar-refractivity contribution is 7.92. The molecule has 0 spiro atoms. The lowest BCUT2D eigenvalue weighted by Crippen LogP contribution is -2.66. The second kappa shape index (κ2) is 11.1. The summed E-state index contributed by atoms with van der Waals surface area (Å²) in [6, 6.07) is -4.06. The number of nitrogens with two attached hydrogens (primary N) is 1. The summed E-state index contributed by atoms with van der Waals surface area (Å²) < 4.78 is 54.8. The molecule has 5 unspecified atom stereocenters. The molecule has 2 heterocycles. The van der Waals surface area contributed by atoms with Crippen LogP contribution in [0.2, 0.25) is 0 Å². The maximum absolute atomic E-state index is 14.5. The van der Waals surface area contributed by atoms with Gasteiger partial charge in [-0.15, -0.1) is 0 Å². The number of fused-ring (bicyclic) bond motifs is 1. The standard InChI is InChI=1S/C32H49F2N5O7S/c1-28(2,3)47(45,46)16-31(10-12-32(33,34)13-11-31)39-27(44)37-23(30(39,6)7)26(43)38-15-18-20(29(18,4)5)21(38)25(42)36-19(14-17-8-9-17)22(40)24(35)41/h17-21,23H,8-16H2,1-7H3,(H2,35,41)(H,36,42)(H,37,44). The molecule has 0 aromatic rings. The van der Waals surface area contributed by atoms with Crippen LogP contribution in [-0.4, -0.2) is 99.9 Å². The van der Waals surface area contributed by atoms with E-state index in [1.54, 1.807) is 13.8 Å². The van der Waals surface area contributed by atoms with Crippen LogP contribution in [-0.2, 0) is 29.0 Å². The van der Waals surface area contributed by atoms with Crippen LogP contribution in [0.4, 0.5) is 13.6 Å². The molecular formula is C32H49F2N5O7S. The second-order valence-corrected chi connectivity index (χ2v) is 19.4. The van der Waals surface area contributed by atoms with Crippen LogP contribution in [0.5, 0.6) is 0 Å². The van der Waals surface area contributed by atoms with Crippen LogP contribution in [0.1, 0.15) is 93.4 Å². The molecule has 15 heteroatoms. The van der Waals surface area contributed by atoms with E-state index in [0.717, 1.165) is 12.8 Å². The molecule has 5 aliphatic rings. The van der Waals surface area contributed by atoms with Crippen molar-refractivity contribution in [1.82, 2.24) is 20.4 Å². The number of halogens is 2. The first-order chi connectivity index (χ1) is 21.4. The van der Waals surface area contributed by atoms with E-state index in [1.165, 1.54) is 30.6 Å². The summed E-state index contributed by atoms with van der Waals surface area (Å²) in [6.45, 7) is 12.0. The lowest BCUT2D eigenvalue weighted by molar-refractivity contribution is -0.145. The molecule has 3 aliphatic carbocycles. The third-order valence-corrected chi connectivity index (χ3v) is 14.5. The zero-order valence-electron chi connectivity index (χ0n) is 28.3. The molecule has 47 heavy (non-hydrogen) atoms. The number of nitrogens with one attached hydrogen (secondary N) is 2. The van der Waals surface area contributed by atoms with E-state index in [2.05, 4.69) is 10.6 Å². The van der Waals surface area contributed by atoms with Crippen molar-refractivity contribution in [3.05, 3.63) is 0 Å². The Morgan fingerprint density at radius 1 is 1.04 bits per heavy atom. The number of amides is 5. The van der Waals surface area contributed by atoms with Crippen LogP contribution in [0.25, 0.3) is 0 Å². The number of piperidine rings is 1. The summed E-state index contributed by atoms with van der Waals surface area (Å²) in [4.78, 5) is 69.2. The highest BCUT2D eigenvalue weighted by Gasteiger charge is 2.71. The Balaban J connectivity index is 1.44. The van der Waals surface area contributed by atoms with Gasteiger partial charge in [-0.2, -0.15) is 0 Å². The number of ketones is 1. The molecule has 0 aromatic heterocycles. The zero-order chi connectivity index (χ0) is 35.3. The summed E-state index contributed by atoms with van der Waals surface area (Å²) in [7, 11) is -3.90. The minimum absolute atomic E-state index is 0.0314. The Kier molecular flexibility index (Phi) is 8.37. The van der Waals surface area contributed by atoms with Gasteiger partial charge in [0.15, 0.2) is 9.84 Å².